The molecule has 2 aromatic heterocycles. The van der Waals surface area contributed by atoms with Crippen LogP contribution in [-0.2, 0) is 6.54 Å². The number of para-hydroxylation sites is 1. The topological polar surface area (TPSA) is 64.3 Å². The van der Waals surface area contributed by atoms with Gasteiger partial charge in [0.1, 0.15) is 11.6 Å². The van der Waals surface area contributed by atoms with Crippen LogP contribution in [0.2, 0.25) is 0 Å². The first-order chi connectivity index (χ1) is 18.0. The standard InChI is InChI=1S/C30H35N5O2/c1-5-37-25-14-9-11-23(19-25)28-27-15-10-18-33(27)29-26(20-34(28)30(36)31-17-16-21(2)3)22(4)32-35(29)24-12-7-6-8-13-24/h6-15,18-19,21,28H,5,16-17,20H2,1-4H3,(H,31,36)/t28-/m1/s1. The van der Waals surface area contributed by atoms with Gasteiger partial charge in [0.05, 0.1) is 36.3 Å². The summed E-state index contributed by atoms with van der Waals surface area (Å²) in [4.78, 5) is 15.7. The molecule has 0 bridgehead atoms. The molecule has 0 saturated carbocycles. The van der Waals surface area contributed by atoms with Gasteiger partial charge in [-0.25, -0.2) is 9.48 Å². The number of urea groups is 1. The molecule has 1 aliphatic rings. The van der Waals surface area contributed by atoms with E-state index in [4.69, 9.17) is 9.84 Å². The predicted molar refractivity (Wildman–Crippen MR) is 145 cm³/mol. The van der Waals surface area contributed by atoms with Crippen molar-refractivity contribution in [3.05, 3.63) is 95.4 Å². The van der Waals surface area contributed by atoms with Gasteiger partial charge in [-0.2, -0.15) is 5.10 Å². The van der Waals surface area contributed by atoms with E-state index in [1.807, 2.05) is 65.9 Å². The van der Waals surface area contributed by atoms with Gasteiger partial charge in [-0.05, 0) is 68.1 Å². The minimum atomic E-state index is -0.300. The van der Waals surface area contributed by atoms with E-state index in [0.29, 0.717) is 25.6 Å². The Kier molecular flexibility index (Phi) is 7.04. The Morgan fingerprint density at radius 2 is 1.92 bits per heavy atom. The van der Waals surface area contributed by atoms with E-state index in [-0.39, 0.29) is 12.1 Å². The molecule has 2 aromatic carbocycles. The normalized spacial score (nSPS) is 14.7. The number of nitrogens with zero attached hydrogens (tertiary/aromatic N) is 4. The zero-order chi connectivity index (χ0) is 25.9. The molecule has 0 spiro atoms. The van der Waals surface area contributed by atoms with E-state index >= 15 is 0 Å². The van der Waals surface area contributed by atoms with Crippen LogP contribution in [-0.4, -0.2) is 38.4 Å². The smallest absolute Gasteiger partial charge is 0.318 e. The molecular formula is C30H35N5O2. The number of ether oxygens (including phenoxy) is 1. The van der Waals surface area contributed by atoms with Crippen molar-refractivity contribution >= 4 is 6.03 Å². The Hall–Kier alpha value is -4.00. The van der Waals surface area contributed by atoms with Gasteiger partial charge in [-0.1, -0.05) is 44.2 Å². The fourth-order valence-corrected chi connectivity index (χ4v) is 5.01. The molecule has 3 heterocycles. The number of amides is 2. The molecule has 5 rings (SSSR count). The third-order valence-corrected chi connectivity index (χ3v) is 6.83. The lowest BCUT2D eigenvalue weighted by atomic mass is 10.0. The molecule has 0 saturated heterocycles. The van der Waals surface area contributed by atoms with Crippen molar-refractivity contribution in [3.63, 3.8) is 0 Å². The van der Waals surface area contributed by atoms with E-state index in [9.17, 15) is 4.79 Å². The van der Waals surface area contributed by atoms with Crippen molar-refractivity contribution in [2.45, 2.75) is 46.7 Å². The van der Waals surface area contributed by atoms with Crippen molar-refractivity contribution in [2.75, 3.05) is 13.2 Å². The minimum absolute atomic E-state index is 0.0834. The average molecular weight is 498 g/mol. The second kappa shape index (κ2) is 10.5. The quantitative estimate of drug-likeness (QED) is 0.339. The van der Waals surface area contributed by atoms with Crippen molar-refractivity contribution in [3.8, 4) is 17.3 Å². The highest BCUT2D eigenvalue weighted by atomic mass is 16.5. The van der Waals surface area contributed by atoms with Gasteiger partial charge in [0.2, 0.25) is 0 Å². The Labute approximate surface area is 218 Å². The van der Waals surface area contributed by atoms with E-state index in [1.165, 1.54) is 0 Å². The molecule has 0 unspecified atom stereocenters. The predicted octanol–water partition coefficient (Wildman–Crippen LogP) is 6.03. The largest absolute Gasteiger partial charge is 0.494 e. The van der Waals surface area contributed by atoms with Crippen LogP contribution >= 0.6 is 0 Å². The third kappa shape index (κ3) is 4.86. The molecule has 4 aromatic rings. The maximum Gasteiger partial charge on any atom is 0.318 e. The van der Waals surface area contributed by atoms with Crippen molar-refractivity contribution in [1.82, 2.24) is 24.6 Å². The number of carbonyl (C=O) groups is 1. The molecule has 192 valence electrons. The van der Waals surface area contributed by atoms with Crippen LogP contribution < -0.4 is 10.1 Å². The van der Waals surface area contributed by atoms with Gasteiger partial charge in [0, 0.05) is 18.3 Å². The summed E-state index contributed by atoms with van der Waals surface area (Å²) in [6, 6.07) is 22.0. The minimum Gasteiger partial charge on any atom is -0.494 e. The first kappa shape index (κ1) is 24.7. The van der Waals surface area contributed by atoms with Crippen molar-refractivity contribution < 1.29 is 9.53 Å². The second-order valence-electron chi connectivity index (χ2n) is 9.89. The molecule has 1 N–H and O–H groups in total. The third-order valence-electron chi connectivity index (χ3n) is 6.83. The van der Waals surface area contributed by atoms with Gasteiger partial charge in [0.15, 0.2) is 0 Å². The first-order valence-electron chi connectivity index (χ1n) is 13.1. The molecule has 0 radical (unpaired) electrons. The molecule has 2 amide bonds. The van der Waals surface area contributed by atoms with Crippen LogP contribution in [0.1, 0.15) is 55.7 Å². The molecule has 7 heteroatoms. The number of hydrogen-bond donors (Lipinski definition) is 1. The Balaban J connectivity index is 1.66. The molecule has 0 fully saturated rings. The average Bonchev–Trinajstić information content (AvgIpc) is 3.45. The Bertz CT molecular complexity index is 1370. The molecule has 0 aliphatic carbocycles. The maximum atomic E-state index is 13.8. The fraction of sp³-hybridized carbons (Fsp3) is 0.333. The van der Waals surface area contributed by atoms with E-state index < -0.39 is 0 Å². The van der Waals surface area contributed by atoms with Gasteiger partial charge in [0.25, 0.3) is 0 Å². The Morgan fingerprint density at radius 3 is 2.68 bits per heavy atom. The zero-order valence-electron chi connectivity index (χ0n) is 22.0. The summed E-state index contributed by atoms with van der Waals surface area (Å²) in [5.74, 6) is 2.28. The highest BCUT2D eigenvalue weighted by molar-refractivity contribution is 5.76. The molecule has 1 atom stereocenters. The number of benzene rings is 2. The maximum absolute atomic E-state index is 13.8. The monoisotopic (exact) mass is 497 g/mol. The van der Waals surface area contributed by atoms with Crippen LogP contribution in [0.3, 0.4) is 0 Å². The number of carbonyl (C=O) groups excluding carboxylic acids is 1. The Morgan fingerprint density at radius 1 is 1.11 bits per heavy atom. The second-order valence-corrected chi connectivity index (χ2v) is 9.89. The highest BCUT2D eigenvalue weighted by Gasteiger charge is 2.36. The van der Waals surface area contributed by atoms with Crippen LogP contribution in [0.5, 0.6) is 5.75 Å². The summed E-state index contributed by atoms with van der Waals surface area (Å²) in [7, 11) is 0. The summed E-state index contributed by atoms with van der Waals surface area (Å²) in [6.45, 7) is 9.99. The number of rotatable bonds is 7. The lowest BCUT2D eigenvalue weighted by Gasteiger charge is -2.31. The van der Waals surface area contributed by atoms with Crippen LogP contribution in [0.25, 0.3) is 11.5 Å². The van der Waals surface area contributed by atoms with Crippen LogP contribution in [0.15, 0.2) is 72.9 Å². The number of hydrogen-bond acceptors (Lipinski definition) is 3. The molecule has 7 nitrogen and oxygen atoms in total. The zero-order valence-corrected chi connectivity index (χ0v) is 22.0. The molecule has 37 heavy (non-hydrogen) atoms. The van der Waals surface area contributed by atoms with Gasteiger partial charge in [-0.15, -0.1) is 0 Å². The lowest BCUT2D eigenvalue weighted by molar-refractivity contribution is 0.180. The van der Waals surface area contributed by atoms with Gasteiger partial charge in [-0.3, -0.25) is 0 Å². The summed E-state index contributed by atoms with van der Waals surface area (Å²) >= 11 is 0. The summed E-state index contributed by atoms with van der Waals surface area (Å²) in [6.07, 6.45) is 2.99. The number of nitrogens with one attached hydrogen (secondary N) is 1. The fourth-order valence-electron chi connectivity index (χ4n) is 5.01. The van der Waals surface area contributed by atoms with E-state index in [1.54, 1.807) is 0 Å². The van der Waals surface area contributed by atoms with Gasteiger partial charge >= 0.3 is 6.03 Å². The lowest BCUT2D eigenvalue weighted by Crippen LogP contribution is -2.42. The van der Waals surface area contributed by atoms with E-state index in [0.717, 1.165) is 46.2 Å². The van der Waals surface area contributed by atoms with Crippen LogP contribution in [0, 0.1) is 12.8 Å². The highest BCUT2D eigenvalue weighted by Crippen LogP contribution is 2.39. The summed E-state index contributed by atoms with van der Waals surface area (Å²) in [5, 5.41) is 8.10. The number of fused-ring (bicyclic) bond motifs is 3. The SMILES string of the molecule is CCOc1cccc([C@@H]2c3cccn3-c3c(c(C)nn3-c3ccccc3)CN2C(=O)NCCC(C)C)c1. The molecular weight excluding hydrogens is 462 g/mol. The van der Waals surface area contributed by atoms with Crippen LogP contribution in [0.4, 0.5) is 4.79 Å². The summed E-state index contributed by atoms with van der Waals surface area (Å²) in [5.41, 5.74) is 4.93. The van der Waals surface area contributed by atoms with E-state index in [2.05, 4.69) is 54.2 Å². The first-order valence-corrected chi connectivity index (χ1v) is 13.1. The number of aryl methyl sites for hydroxylation is 1. The molecule has 1 aliphatic heterocycles. The van der Waals surface area contributed by atoms with Crippen molar-refractivity contribution in [1.29, 1.82) is 0 Å². The van der Waals surface area contributed by atoms with Gasteiger partial charge < -0.3 is 19.5 Å². The summed E-state index contributed by atoms with van der Waals surface area (Å²) < 4.78 is 10.00. The van der Waals surface area contributed by atoms with Crippen molar-refractivity contribution in [2.24, 2.45) is 5.92 Å². The number of aromatic nitrogens is 3.